The van der Waals surface area contributed by atoms with Crippen LogP contribution in [0, 0.1) is 12.7 Å². The number of nitrogen functional groups attached to an aromatic ring is 1. The zero-order chi connectivity index (χ0) is 31.1. The minimum atomic E-state index is -1.97. The number of anilines is 1. The quantitative estimate of drug-likeness (QED) is 0.230. The van der Waals surface area contributed by atoms with Gasteiger partial charge in [0, 0.05) is 35.3 Å². The van der Waals surface area contributed by atoms with E-state index in [-0.39, 0.29) is 43.1 Å². The molecule has 0 saturated heterocycles. The molecular formula is C33H31FN4O6. The van der Waals surface area contributed by atoms with Crippen molar-refractivity contribution in [3.05, 3.63) is 91.5 Å². The third-order valence-electron chi connectivity index (χ3n) is 9.45. The average Bonchev–Trinajstić information content (AvgIpc) is 3.39. The molecule has 0 fully saturated rings. The molecule has 0 bridgehead atoms. The Morgan fingerprint density at radius 3 is 2.70 bits per heavy atom. The minimum Gasteiger partial charge on any atom is -0.458 e. The number of amides is 1. The van der Waals surface area contributed by atoms with Crippen molar-refractivity contribution >= 4 is 28.7 Å². The number of carbonyl (C=O) groups excluding carboxylic acids is 2. The maximum atomic E-state index is 15.2. The SMILES string of the molecule is CC[C@@]1(O)C(=O)OCc2c1cc1n(c2=O)Cc2c-1nc1cc(F)c(C)c3c1c2[C@@H](N(C)C(=O)OCc1ccc(N)cc1)CC3. The Hall–Kier alpha value is -4.77. The largest absolute Gasteiger partial charge is 0.458 e. The summed E-state index contributed by atoms with van der Waals surface area (Å²) in [7, 11) is 1.67. The molecule has 44 heavy (non-hydrogen) atoms. The lowest BCUT2D eigenvalue weighted by Crippen LogP contribution is -2.44. The average molecular weight is 599 g/mol. The maximum absolute atomic E-state index is 15.2. The smallest absolute Gasteiger partial charge is 0.410 e. The van der Waals surface area contributed by atoms with Crippen LogP contribution >= 0.6 is 0 Å². The number of hydrogen-bond donors (Lipinski definition) is 2. The Morgan fingerprint density at radius 1 is 1.23 bits per heavy atom. The van der Waals surface area contributed by atoms with Gasteiger partial charge in [-0.05, 0) is 66.6 Å². The van der Waals surface area contributed by atoms with Crippen LogP contribution < -0.4 is 11.3 Å². The Morgan fingerprint density at radius 2 is 1.98 bits per heavy atom. The normalized spacial score (nSPS) is 19.7. The van der Waals surface area contributed by atoms with E-state index >= 15 is 4.39 Å². The second kappa shape index (κ2) is 9.88. The fourth-order valence-electron chi connectivity index (χ4n) is 6.91. The van der Waals surface area contributed by atoms with Crippen molar-refractivity contribution in [1.29, 1.82) is 0 Å². The number of esters is 1. The van der Waals surface area contributed by atoms with Crippen LogP contribution in [0.15, 0.2) is 41.2 Å². The number of benzene rings is 2. The van der Waals surface area contributed by atoms with E-state index in [0.717, 1.165) is 27.6 Å². The summed E-state index contributed by atoms with van der Waals surface area (Å²) >= 11 is 0. The van der Waals surface area contributed by atoms with Gasteiger partial charge in [0.15, 0.2) is 5.60 Å². The number of aliphatic hydroxyl groups is 1. The topological polar surface area (TPSA) is 137 Å². The van der Waals surface area contributed by atoms with E-state index in [4.69, 9.17) is 20.2 Å². The molecule has 0 spiro atoms. The first-order valence-electron chi connectivity index (χ1n) is 14.6. The molecule has 11 heteroatoms. The first-order chi connectivity index (χ1) is 21.0. The monoisotopic (exact) mass is 598 g/mol. The molecule has 2 aromatic carbocycles. The summed E-state index contributed by atoms with van der Waals surface area (Å²) in [6.45, 7) is 3.36. The van der Waals surface area contributed by atoms with Crippen molar-refractivity contribution in [2.24, 2.45) is 0 Å². The summed E-state index contributed by atoms with van der Waals surface area (Å²) in [5.41, 5.74) is 9.40. The summed E-state index contributed by atoms with van der Waals surface area (Å²) in [4.78, 5) is 46.2. The molecule has 4 heterocycles. The lowest BCUT2D eigenvalue weighted by Gasteiger charge is -2.34. The highest BCUT2D eigenvalue weighted by Crippen LogP contribution is 2.47. The zero-order valence-corrected chi connectivity index (χ0v) is 24.6. The van der Waals surface area contributed by atoms with E-state index in [2.05, 4.69) is 0 Å². The number of pyridine rings is 2. The van der Waals surface area contributed by atoms with E-state index in [0.29, 0.717) is 41.0 Å². The number of halogens is 1. The fourth-order valence-corrected chi connectivity index (χ4v) is 6.91. The Labute approximate surface area is 251 Å². The van der Waals surface area contributed by atoms with Crippen LogP contribution in [0.5, 0.6) is 0 Å². The maximum Gasteiger partial charge on any atom is 0.410 e. The van der Waals surface area contributed by atoms with Gasteiger partial charge in [0.25, 0.3) is 5.56 Å². The van der Waals surface area contributed by atoms with Crippen LogP contribution in [0.2, 0.25) is 0 Å². The van der Waals surface area contributed by atoms with Crippen LogP contribution in [0.25, 0.3) is 22.3 Å². The van der Waals surface area contributed by atoms with Crippen molar-refractivity contribution in [2.45, 2.75) is 64.5 Å². The molecule has 2 aliphatic heterocycles. The van der Waals surface area contributed by atoms with Gasteiger partial charge in [0.1, 0.15) is 19.0 Å². The van der Waals surface area contributed by atoms with Crippen molar-refractivity contribution in [2.75, 3.05) is 12.8 Å². The van der Waals surface area contributed by atoms with Gasteiger partial charge < -0.3 is 29.8 Å². The molecule has 2 atom stereocenters. The van der Waals surface area contributed by atoms with E-state index < -0.39 is 29.3 Å². The van der Waals surface area contributed by atoms with E-state index in [9.17, 15) is 19.5 Å². The molecular weight excluding hydrogens is 567 g/mol. The summed E-state index contributed by atoms with van der Waals surface area (Å²) in [6, 6.07) is 9.65. The molecule has 2 aromatic heterocycles. The molecule has 7 rings (SSSR count). The third-order valence-corrected chi connectivity index (χ3v) is 9.45. The molecule has 0 radical (unpaired) electrons. The summed E-state index contributed by atoms with van der Waals surface area (Å²) in [5.74, 6) is -1.19. The highest BCUT2D eigenvalue weighted by Gasteiger charge is 2.46. The number of cyclic esters (lactones) is 1. The second-order valence-electron chi connectivity index (χ2n) is 11.8. The van der Waals surface area contributed by atoms with E-state index in [1.807, 2.05) is 0 Å². The number of hydrogen-bond acceptors (Lipinski definition) is 8. The molecule has 1 aliphatic carbocycles. The van der Waals surface area contributed by atoms with Gasteiger partial charge in [0.2, 0.25) is 0 Å². The van der Waals surface area contributed by atoms with Crippen LogP contribution in [-0.4, -0.2) is 38.7 Å². The first kappa shape index (κ1) is 28.0. The predicted octanol–water partition coefficient (Wildman–Crippen LogP) is 4.37. The lowest BCUT2D eigenvalue weighted by atomic mass is 9.81. The lowest BCUT2D eigenvalue weighted by molar-refractivity contribution is -0.172. The molecule has 3 aliphatic rings. The molecule has 0 unspecified atom stereocenters. The van der Waals surface area contributed by atoms with Gasteiger partial charge in [-0.1, -0.05) is 19.1 Å². The zero-order valence-electron chi connectivity index (χ0n) is 24.6. The van der Waals surface area contributed by atoms with Crippen LogP contribution in [-0.2, 0) is 46.0 Å². The van der Waals surface area contributed by atoms with Crippen molar-refractivity contribution in [3.63, 3.8) is 0 Å². The molecule has 4 aromatic rings. The number of nitrogens with two attached hydrogens (primary N) is 1. The summed E-state index contributed by atoms with van der Waals surface area (Å²) in [5, 5.41) is 12.0. The fraction of sp³-hybridized carbons (Fsp3) is 0.333. The number of nitrogens with zero attached hydrogens (tertiary/aromatic N) is 3. The minimum absolute atomic E-state index is 0.0180. The standard InChI is InChI=1S/C33H31FN4O6/c1-4-33(42)22-11-26-29-20(13-38(26)30(39)21(22)15-43-31(33)40)28-25(10-9-19-16(2)23(34)12-24(36-29)27(19)28)37(3)32(41)44-14-17-5-7-18(35)8-6-17/h5-8,11-12,25,42H,4,9-10,13-15,35H2,1-3H3/t25-,33-/m0/s1. The predicted molar refractivity (Wildman–Crippen MR) is 159 cm³/mol. The number of rotatable bonds is 4. The number of aromatic nitrogens is 2. The van der Waals surface area contributed by atoms with Crippen LogP contribution in [0.3, 0.4) is 0 Å². The van der Waals surface area contributed by atoms with Crippen LogP contribution in [0.4, 0.5) is 14.9 Å². The number of aryl methyl sites for hydroxylation is 1. The van der Waals surface area contributed by atoms with Gasteiger partial charge in [-0.3, -0.25) is 4.79 Å². The number of ether oxygens (including phenoxy) is 2. The first-order valence-corrected chi connectivity index (χ1v) is 14.6. The Balaban J connectivity index is 1.37. The number of carbonyl (C=O) groups is 2. The van der Waals surface area contributed by atoms with Crippen LogP contribution in [0.1, 0.15) is 64.8 Å². The molecule has 0 saturated carbocycles. The van der Waals surface area contributed by atoms with E-state index in [1.54, 1.807) is 60.7 Å². The van der Waals surface area contributed by atoms with Gasteiger partial charge in [-0.15, -0.1) is 0 Å². The molecule has 10 nitrogen and oxygen atoms in total. The highest BCUT2D eigenvalue weighted by molar-refractivity contribution is 5.93. The van der Waals surface area contributed by atoms with Crippen molar-refractivity contribution in [3.8, 4) is 11.4 Å². The van der Waals surface area contributed by atoms with Gasteiger partial charge in [0.05, 0.1) is 35.1 Å². The second-order valence-corrected chi connectivity index (χ2v) is 11.8. The van der Waals surface area contributed by atoms with Crippen molar-refractivity contribution in [1.82, 2.24) is 14.5 Å². The van der Waals surface area contributed by atoms with Gasteiger partial charge >= 0.3 is 12.1 Å². The molecule has 1 amide bonds. The van der Waals surface area contributed by atoms with Gasteiger partial charge in [-0.2, -0.15) is 0 Å². The summed E-state index contributed by atoms with van der Waals surface area (Å²) in [6.07, 6.45) is 0.526. The Kier molecular flexibility index (Phi) is 6.29. The Bertz CT molecular complexity index is 1970. The van der Waals surface area contributed by atoms with Gasteiger partial charge in [-0.25, -0.2) is 19.0 Å². The number of fused-ring (bicyclic) bond motifs is 5. The third kappa shape index (κ3) is 3.95. The van der Waals surface area contributed by atoms with E-state index in [1.165, 1.54) is 6.07 Å². The van der Waals surface area contributed by atoms with Crippen molar-refractivity contribution < 1.29 is 28.6 Å². The molecule has 226 valence electrons. The molecule has 3 N–H and O–H groups in total. The summed E-state index contributed by atoms with van der Waals surface area (Å²) < 4.78 is 27.6. The highest BCUT2D eigenvalue weighted by atomic mass is 19.1.